The first-order valence-corrected chi connectivity index (χ1v) is 7.81. The number of benzene rings is 1. The maximum absolute atomic E-state index is 8.75. The first-order chi connectivity index (χ1) is 9.90. The number of allylic oxidation sites excluding steroid dienone is 1. The molecule has 2 nitrogen and oxygen atoms in total. The summed E-state index contributed by atoms with van der Waals surface area (Å²) in [6.45, 7) is 0.882. The Kier molecular flexibility index (Phi) is 6.82. The van der Waals surface area contributed by atoms with Gasteiger partial charge in [0.2, 0.25) is 0 Å². The van der Waals surface area contributed by atoms with E-state index >= 15 is 0 Å². The van der Waals surface area contributed by atoms with Crippen LogP contribution in [0.1, 0.15) is 44.1 Å². The molecule has 1 aliphatic rings. The maximum atomic E-state index is 8.75. The Hall–Kier alpha value is -1.12. The lowest BCUT2D eigenvalue weighted by atomic mass is 9.83. The molecule has 2 heteroatoms. The monoisotopic (exact) mass is 274 g/mol. The van der Waals surface area contributed by atoms with E-state index < -0.39 is 0 Å². The molecule has 0 amide bonds. The Morgan fingerprint density at radius 2 is 1.90 bits per heavy atom. The van der Waals surface area contributed by atoms with E-state index in [1.165, 1.54) is 37.7 Å². The second kappa shape index (κ2) is 8.93. The van der Waals surface area contributed by atoms with Crippen LogP contribution in [0.25, 0.3) is 0 Å². The fourth-order valence-electron chi connectivity index (χ4n) is 3.00. The average Bonchev–Trinajstić information content (AvgIpc) is 2.51. The molecule has 1 aliphatic carbocycles. The van der Waals surface area contributed by atoms with Gasteiger partial charge in [-0.1, -0.05) is 55.3 Å². The van der Waals surface area contributed by atoms with E-state index in [9.17, 15) is 0 Å². The Balaban J connectivity index is 1.79. The third kappa shape index (κ3) is 5.10. The summed E-state index contributed by atoms with van der Waals surface area (Å²) in [5, 5.41) is 8.75. The van der Waals surface area contributed by atoms with Crippen molar-refractivity contribution in [2.45, 2.75) is 51.2 Å². The molecule has 0 aromatic heterocycles. The van der Waals surface area contributed by atoms with E-state index in [4.69, 9.17) is 9.84 Å². The summed E-state index contributed by atoms with van der Waals surface area (Å²) in [7, 11) is 0. The van der Waals surface area contributed by atoms with E-state index in [1.54, 1.807) is 0 Å². The molecule has 1 saturated carbocycles. The predicted octanol–water partition coefficient (Wildman–Crippen LogP) is 4.09. The highest BCUT2D eigenvalue weighted by Crippen LogP contribution is 2.31. The number of rotatable bonds is 7. The highest BCUT2D eigenvalue weighted by Gasteiger charge is 2.24. The molecule has 0 bridgehead atoms. The first kappa shape index (κ1) is 15.3. The van der Waals surface area contributed by atoms with Crippen LogP contribution < -0.4 is 0 Å². The summed E-state index contributed by atoms with van der Waals surface area (Å²) in [6.07, 6.45) is 11.7. The van der Waals surface area contributed by atoms with Crippen molar-refractivity contribution in [3.05, 3.63) is 48.0 Å². The molecular formula is C18H26O2. The Morgan fingerprint density at radius 1 is 1.10 bits per heavy atom. The predicted molar refractivity (Wildman–Crippen MR) is 82.4 cm³/mol. The van der Waals surface area contributed by atoms with Crippen molar-refractivity contribution in [2.24, 2.45) is 5.92 Å². The second-order valence-corrected chi connectivity index (χ2v) is 5.61. The van der Waals surface area contributed by atoms with Gasteiger partial charge in [-0.05, 0) is 37.2 Å². The average molecular weight is 274 g/mol. The number of aliphatic hydroxyl groups is 1. The van der Waals surface area contributed by atoms with E-state index in [0.717, 1.165) is 13.0 Å². The molecule has 1 N–H and O–H groups in total. The van der Waals surface area contributed by atoms with Gasteiger partial charge in [0, 0.05) is 0 Å². The van der Waals surface area contributed by atoms with Gasteiger partial charge in [-0.15, -0.1) is 0 Å². The van der Waals surface area contributed by atoms with E-state index in [-0.39, 0.29) is 6.61 Å². The molecule has 1 aromatic rings. The first-order valence-electron chi connectivity index (χ1n) is 7.81. The molecule has 1 fully saturated rings. The highest BCUT2D eigenvalue weighted by molar-refractivity contribution is 5.13. The molecule has 0 radical (unpaired) electrons. The summed E-state index contributed by atoms with van der Waals surface area (Å²) < 4.78 is 6.17. The standard InChI is InChI=1S/C18H26O2/c19-14-8-2-5-11-17-12-6-7-13-18(17)20-15-16-9-3-1-4-10-16/h1-4,8-10,17-19H,5-7,11-15H2/b8-2+/t17-,18-/m0/s1. The minimum atomic E-state index is 0.151. The fraction of sp³-hybridized carbons (Fsp3) is 0.556. The van der Waals surface area contributed by atoms with Crippen molar-refractivity contribution >= 4 is 0 Å². The molecule has 0 saturated heterocycles. The zero-order valence-electron chi connectivity index (χ0n) is 12.2. The maximum Gasteiger partial charge on any atom is 0.0720 e. The van der Waals surface area contributed by atoms with Gasteiger partial charge in [-0.2, -0.15) is 0 Å². The van der Waals surface area contributed by atoms with Crippen LogP contribution in [0, 0.1) is 5.92 Å². The van der Waals surface area contributed by atoms with Gasteiger partial charge in [0.05, 0.1) is 19.3 Å². The Bertz CT molecular complexity index is 386. The van der Waals surface area contributed by atoms with Crippen molar-refractivity contribution in [2.75, 3.05) is 6.61 Å². The van der Waals surface area contributed by atoms with Crippen molar-refractivity contribution in [1.29, 1.82) is 0 Å². The molecule has 2 rings (SSSR count). The molecule has 0 heterocycles. The fourth-order valence-corrected chi connectivity index (χ4v) is 3.00. The summed E-state index contributed by atoms with van der Waals surface area (Å²) in [5.41, 5.74) is 1.26. The van der Waals surface area contributed by atoms with Crippen LogP contribution in [0.2, 0.25) is 0 Å². The van der Waals surface area contributed by atoms with Gasteiger partial charge in [0.25, 0.3) is 0 Å². The number of aliphatic hydroxyl groups excluding tert-OH is 1. The third-order valence-electron chi connectivity index (χ3n) is 4.12. The SMILES string of the molecule is OC/C=C/CC[C@H]1CCCC[C@@H]1OCc1ccccc1. The van der Waals surface area contributed by atoms with E-state index in [0.29, 0.717) is 12.0 Å². The second-order valence-electron chi connectivity index (χ2n) is 5.61. The minimum Gasteiger partial charge on any atom is -0.392 e. The quantitative estimate of drug-likeness (QED) is 0.759. The summed E-state index contributed by atoms with van der Waals surface area (Å²) in [5.74, 6) is 0.677. The van der Waals surface area contributed by atoms with Crippen LogP contribution in [-0.4, -0.2) is 17.8 Å². The number of ether oxygens (including phenoxy) is 1. The van der Waals surface area contributed by atoms with Crippen LogP contribution in [0.3, 0.4) is 0 Å². The summed E-state index contributed by atoms with van der Waals surface area (Å²) >= 11 is 0. The van der Waals surface area contributed by atoms with Crippen molar-refractivity contribution in [1.82, 2.24) is 0 Å². The van der Waals surface area contributed by atoms with Crippen LogP contribution in [-0.2, 0) is 11.3 Å². The molecular weight excluding hydrogens is 248 g/mol. The van der Waals surface area contributed by atoms with E-state index in [2.05, 4.69) is 30.3 Å². The van der Waals surface area contributed by atoms with Crippen molar-refractivity contribution in [3.63, 3.8) is 0 Å². The Morgan fingerprint density at radius 3 is 2.70 bits per heavy atom. The van der Waals surface area contributed by atoms with Crippen molar-refractivity contribution in [3.8, 4) is 0 Å². The van der Waals surface area contributed by atoms with Crippen LogP contribution in [0.5, 0.6) is 0 Å². The van der Waals surface area contributed by atoms with Gasteiger partial charge >= 0.3 is 0 Å². The molecule has 20 heavy (non-hydrogen) atoms. The molecule has 0 unspecified atom stereocenters. The number of hydrogen-bond donors (Lipinski definition) is 1. The van der Waals surface area contributed by atoms with Crippen molar-refractivity contribution < 1.29 is 9.84 Å². The van der Waals surface area contributed by atoms with Gasteiger partial charge in [0.15, 0.2) is 0 Å². The van der Waals surface area contributed by atoms with Crippen LogP contribution in [0.4, 0.5) is 0 Å². The summed E-state index contributed by atoms with van der Waals surface area (Å²) in [4.78, 5) is 0. The molecule has 110 valence electrons. The van der Waals surface area contributed by atoms with Crippen LogP contribution in [0.15, 0.2) is 42.5 Å². The molecule has 1 aromatic carbocycles. The highest BCUT2D eigenvalue weighted by atomic mass is 16.5. The normalized spacial score (nSPS) is 23.2. The summed E-state index contributed by atoms with van der Waals surface area (Å²) in [6, 6.07) is 10.4. The van der Waals surface area contributed by atoms with Gasteiger partial charge in [-0.3, -0.25) is 0 Å². The van der Waals surface area contributed by atoms with Crippen LogP contribution >= 0.6 is 0 Å². The lowest BCUT2D eigenvalue weighted by molar-refractivity contribution is -0.0233. The topological polar surface area (TPSA) is 29.5 Å². The van der Waals surface area contributed by atoms with Gasteiger partial charge < -0.3 is 9.84 Å². The zero-order valence-corrected chi connectivity index (χ0v) is 12.2. The van der Waals surface area contributed by atoms with Gasteiger partial charge in [0.1, 0.15) is 0 Å². The largest absolute Gasteiger partial charge is 0.392 e. The minimum absolute atomic E-state index is 0.151. The van der Waals surface area contributed by atoms with E-state index in [1.807, 2.05) is 12.1 Å². The number of hydrogen-bond acceptors (Lipinski definition) is 2. The Labute approximate surface area is 122 Å². The third-order valence-corrected chi connectivity index (χ3v) is 4.12. The lowest BCUT2D eigenvalue weighted by Gasteiger charge is -2.31. The smallest absolute Gasteiger partial charge is 0.0720 e. The lowest BCUT2D eigenvalue weighted by Crippen LogP contribution is -2.27. The zero-order chi connectivity index (χ0) is 14.0. The molecule has 2 atom stereocenters. The molecule has 0 aliphatic heterocycles. The molecule has 0 spiro atoms. The van der Waals surface area contributed by atoms with Gasteiger partial charge in [-0.25, -0.2) is 0 Å².